The van der Waals surface area contributed by atoms with Gasteiger partial charge in [0.2, 0.25) is 0 Å². The van der Waals surface area contributed by atoms with E-state index in [4.69, 9.17) is 10.7 Å². The van der Waals surface area contributed by atoms with Gasteiger partial charge in [-0.2, -0.15) is 0 Å². The molecule has 1 amide bonds. The molecular formula is C10H12ClNO3S2. The fourth-order valence-corrected chi connectivity index (χ4v) is 3.49. The maximum atomic E-state index is 11.9. The Balaban J connectivity index is 2.11. The first kappa shape index (κ1) is 12.9. The van der Waals surface area contributed by atoms with Crippen molar-refractivity contribution in [2.75, 3.05) is 13.6 Å². The SMILES string of the molecule is CN(CC1CC1)C(=O)c1csc(S(=O)(=O)Cl)c1. The molecule has 1 saturated carbocycles. The molecule has 0 unspecified atom stereocenters. The van der Waals surface area contributed by atoms with Crippen molar-refractivity contribution in [2.24, 2.45) is 5.92 Å². The third-order valence-corrected chi connectivity index (χ3v) is 5.68. The van der Waals surface area contributed by atoms with E-state index in [1.54, 1.807) is 11.9 Å². The molecule has 0 aliphatic heterocycles. The molecule has 1 aromatic rings. The van der Waals surface area contributed by atoms with E-state index in [1.807, 2.05) is 0 Å². The van der Waals surface area contributed by atoms with Crippen LogP contribution < -0.4 is 0 Å². The van der Waals surface area contributed by atoms with Crippen LogP contribution in [0.4, 0.5) is 0 Å². The first-order valence-electron chi connectivity index (χ1n) is 5.16. The van der Waals surface area contributed by atoms with E-state index < -0.39 is 9.05 Å². The number of thiophene rings is 1. The van der Waals surface area contributed by atoms with Crippen LogP contribution in [0.3, 0.4) is 0 Å². The lowest BCUT2D eigenvalue weighted by Gasteiger charge is -2.15. The Kier molecular flexibility index (Phi) is 3.47. The summed E-state index contributed by atoms with van der Waals surface area (Å²) < 4.78 is 22.2. The maximum absolute atomic E-state index is 11.9. The number of carbonyl (C=O) groups is 1. The molecule has 0 saturated heterocycles. The summed E-state index contributed by atoms with van der Waals surface area (Å²) in [5.41, 5.74) is 0.386. The molecular weight excluding hydrogens is 282 g/mol. The molecule has 7 heteroatoms. The monoisotopic (exact) mass is 293 g/mol. The summed E-state index contributed by atoms with van der Waals surface area (Å²) in [7, 11) is 3.21. The van der Waals surface area contributed by atoms with Gasteiger partial charge in [0.1, 0.15) is 4.21 Å². The molecule has 0 spiro atoms. The molecule has 1 aliphatic carbocycles. The van der Waals surface area contributed by atoms with Gasteiger partial charge in [-0.3, -0.25) is 4.79 Å². The molecule has 1 fully saturated rings. The van der Waals surface area contributed by atoms with Crippen molar-refractivity contribution < 1.29 is 13.2 Å². The van der Waals surface area contributed by atoms with Crippen LogP contribution in [0.15, 0.2) is 15.7 Å². The van der Waals surface area contributed by atoms with Gasteiger partial charge >= 0.3 is 0 Å². The van der Waals surface area contributed by atoms with E-state index in [1.165, 1.54) is 24.3 Å². The summed E-state index contributed by atoms with van der Waals surface area (Å²) in [6.07, 6.45) is 2.34. The Morgan fingerprint density at radius 1 is 1.59 bits per heavy atom. The van der Waals surface area contributed by atoms with Crippen molar-refractivity contribution in [1.82, 2.24) is 4.90 Å². The first-order valence-corrected chi connectivity index (χ1v) is 8.35. The van der Waals surface area contributed by atoms with Crippen molar-refractivity contribution in [1.29, 1.82) is 0 Å². The third kappa shape index (κ3) is 3.20. The Morgan fingerprint density at radius 2 is 2.24 bits per heavy atom. The molecule has 0 aromatic carbocycles. The van der Waals surface area contributed by atoms with Crippen molar-refractivity contribution in [3.05, 3.63) is 17.0 Å². The summed E-state index contributed by atoms with van der Waals surface area (Å²) in [6, 6.07) is 1.33. The smallest absolute Gasteiger partial charge is 0.270 e. The highest BCUT2D eigenvalue weighted by atomic mass is 35.7. The second-order valence-corrected chi connectivity index (χ2v) is 7.93. The molecule has 4 nitrogen and oxygen atoms in total. The quantitative estimate of drug-likeness (QED) is 0.799. The molecule has 0 atom stereocenters. The highest BCUT2D eigenvalue weighted by Gasteiger charge is 2.26. The second-order valence-electron chi connectivity index (χ2n) is 4.22. The lowest BCUT2D eigenvalue weighted by Crippen LogP contribution is -2.28. The molecule has 2 rings (SSSR count). The summed E-state index contributed by atoms with van der Waals surface area (Å²) >= 11 is 0.969. The van der Waals surface area contributed by atoms with Gasteiger partial charge in [-0.15, -0.1) is 11.3 Å². The molecule has 1 heterocycles. The Hall–Kier alpha value is -0.590. The number of rotatable bonds is 4. The van der Waals surface area contributed by atoms with E-state index in [0.29, 0.717) is 11.5 Å². The zero-order valence-corrected chi connectivity index (χ0v) is 11.6. The minimum absolute atomic E-state index is 0.0161. The van der Waals surface area contributed by atoms with Crippen LogP contribution >= 0.6 is 22.0 Å². The summed E-state index contributed by atoms with van der Waals surface area (Å²) in [6.45, 7) is 0.734. The number of amides is 1. The Labute approximate surface area is 109 Å². The molecule has 0 radical (unpaired) electrons. The lowest BCUT2D eigenvalue weighted by atomic mass is 10.3. The highest BCUT2D eigenvalue weighted by Crippen LogP contribution is 2.30. The topological polar surface area (TPSA) is 54.5 Å². The highest BCUT2D eigenvalue weighted by molar-refractivity contribution is 8.15. The molecule has 1 aromatic heterocycles. The maximum Gasteiger partial charge on any atom is 0.270 e. The van der Waals surface area contributed by atoms with Crippen molar-refractivity contribution in [3.63, 3.8) is 0 Å². The molecule has 1 aliphatic rings. The van der Waals surface area contributed by atoms with Gasteiger partial charge in [0, 0.05) is 29.7 Å². The third-order valence-electron chi connectivity index (χ3n) is 2.64. The predicted octanol–water partition coefficient (Wildman–Crippen LogP) is 2.16. The number of carbonyl (C=O) groups excluding carboxylic acids is 1. The minimum Gasteiger partial charge on any atom is -0.341 e. The van der Waals surface area contributed by atoms with E-state index in [2.05, 4.69) is 0 Å². The minimum atomic E-state index is -3.73. The molecule has 0 N–H and O–H groups in total. The van der Waals surface area contributed by atoms with Gasteiger partial charge in [0.15, 0.2) is 0 Å². The van der Waals surface area contributed by atoms with Gasteiger partial charge in [0.25, 0.3) is 15.0 Å². The van der Waals surface area contributed by atoms with Crippen LogP contribution in [0.25, 0.3) is 0 Å². The summed E-state index contributed by atoms with van der Waals surface area (Å²) in [5, 5.41) is 1.53. The lowest BCUT2D eigenvalue weighted by molar-refractivity contribution is 0.0789. The van der Waals surface area contributed by atoms with Gasteiger partial charge in [-0.25, -0.2) is 8.42 Å². The van der Waals surface area contributed by atoms with Gasteiger partial charge in [-0.05, 0) is 24.8 Å². The number of hydrogen-bond acceptors (Lipinski definition) is 4. The van der Waals surface area contributed by atoms with Crippen molar-refractivity contribution >= 4 is 37.0 Å². The fraction of sp³-hybridized carbons (Fsp3) is 0.500. The normalized spacial score (nSPS) is 15.9. The van der Waals surface area contributed by atoms with E-state index in [-0.39, 0.29) is 10.1 Å². The molecule has 0 bridgehead atoms. The largest absolute Gasteiger partial charge is 0.341 e. The van der Waals surface area contributed by atoms with Crippen LogP contribution in [0.2, 0.25) is 0 Å². The predicted molar refractivity (Wildman–Crippen MR) is 67.0 cm³/mol. The van der Waals surface area contributed by atoms with Crippen molar-refractivity contribution in [3.8, 4) is 0 Å². The van der Waals surface area contributed by atoms with E-state index in [9.17, 15) is 13.2 Å². The number of hydrogen-bond donors (Lipinski definition) is 0. The Morgan fingerprint density at radius 3 is 2.71 bits per heavy atom. The van der Waals surface area contributed by atoms with Gasteiger partial charge in [0.05, 0.1) is 5.56 Å². The number of halogens is 1. The second kappa shape index (κ2) is 4.59. The standard InChI is InChI=1S/C10H12ClNO3S2/c1-12(5-7-2-3-7)10(13)8-4-9(16-6-8)17(11,14)15/h4,6-7H,2-3,5H2,1H3. The Bertz CT molecular complexity index is 534. The fourth-order valence-electron chi connectivity index (χ4n) is 1.55. The van der Waals surface area contributed by atoms with Crippen LogP contribution in [-0.2, 0) is 9.05 Å². The van der Waals surface area contributed by atoms with Crippen LogP contribution in [-0.4, -0.2) is 32.8 Å². The van der Waals surface area contributed by atoms with Crippen LogP contribution in [0.5, 0.6) is 0 Å². The zero-order chi connectivity index (χ0) is 12.6. The van der Waals surface area contributed by atoms with E-state index >= 15 is 0 Å². The van der Waals surface area contributed by atoms with Gasteiger partial charge in [-0.1, -0.05) is 0 Å². The van der Waals surface area contributed by atoms with E-state index in [0.717, 1.165) is 17.9 Å². The summed E-state index contributed by atoms with van der Waals surface area (Å²) in [4.78, 5) is 13.6. The first-order chi connectivity index (χ1) is 7.88. The van der Waals surface area contributed by atoms with Crippen LogP contribution in [0.1, 0.15) is 23.2 Å². The van der Waals surface area contributed by atoms with Gasteiger partial charge < -0.3 is 4.90 Å². The van der Waals surface area contributed by atoms with Crippen LogP contribution in [0, 0.1) is 5.92 Å². The molecule has 94 valence electrons. The summed E-state index contributed by atoms with van der Waals surface area (Å²) in [5.74, 6) is 0.457. The number of nitrogens with zero attached hydrogens (tertiary/aromatic N) is 1. The molecule has 17 heavy (non-hydrogen) atoms. The average Bonchev–Trinajstić information content (AvgIpc) is 2.89. The zero-order valence-electron chi connectivity index (χ0n) is 9.22. The van der Waals surface area contributed by atoms with Crippen molar-refractivity contribution in [2.45, 2.75) is 17.1 Å². The average molecular weight is 294 g/mol.